The van der Waals surface area contributed by atoms with Crippen LogP contribution in [0.15, 0.2) is 53.7 Å². The second kappa shape index (κ2) is 8.04. The lowest BCUT2D eigenvalue weighted by Gasteiger charge is -2.46. The van der Waals surface area contributed by atoms with Gasteiger partial charge in [0.25, 0.3) is 0 Å². The maximum atomic E-state index is 13.5. The average Bonchev–Trinajstić information content (AvgIpc) is 3.19. The van der Waals surface area contributed by atoms with Gasteiger partial charge in [-0.2, -0.15) is 0 Å². The maximum absolute atomic E-state index is 13.5. The van der Waals surface area contributed by atoms with Crippen LogP contribution in [0.5, 0.6) is 0 Å². The van der Waals surface area contributed by atoms with Crippen LogP contribution in [-0.4, -0.2) is 31.6 Å². The van der Waals surface area contributed by atoms with E-state index in [1.807, 2.05) is 47.1 Å². The zero-order valence-corrected chi connectivity index (χ0v) is 18.7. The highest BCUT2D eigenvalue weighted by Crippen LogP contribution is 2.44. The van der Waals surface area contributed by atoms with Gasteiger partial charge in [0.05, 0.1) is 5.54 Å². The predicted molar refractivity (Wildman–Crippen MR) is 125 cm³/mol. The van der Waals surface area contributed by atoms with E-state index in [9.17, 15) is 4.79 Å². The number of nitrogens with zero attached hydrogens (tertiary/aromatic N) is 3. The number of thioether (sulfide) groups is 1. The molecule has 1 saturated carbocycles. The number of hydrogen-bond acceptors (Lipinski definition) is 5. The van der Waals surface area contributed by atoms with Crippen LogP contribution in [0.1, 0.15) is 43.2 Å². The molecular weight excluding hydrogens is 406 g/mol. The van der Waals surface area contributed by atoms with Gasteiger partial charge < -0.3 is 10.7 Å². The monoisotopic (exact) mass is 433 g/mol. The summed E-state index contributed by atoms with van der Waals surface area (Å²) in [5, 5.41) is 12.5. The Labute approximate surface area is 186 Å². The summed E-state index contributed by atoms with van der Waals surface area (Å²) in [5.74, 6) is 0.819. The Morgan fingerprint density at radius 2 is 1.84 bits per heavy atom. The Bertz CT molecular complexity index is 1100. The summed E-state index contributed by atoms with van der Waals surface area (Å²) >= 11 is 1.53. The summed E-state index contributed by atoms with van der Waals surface area (Å²) < 4.78 is 1.99. The Hall–Kier alpha value is -2.80. The molecule has 5 rings (SSSR count). The minimum atomic E-state index is -0.314. The standard InChI is InChI=1S/C24H27N5OS/c1-16-11-12-19(15-17(16)2)25-22(30)20-24(13-7-4-8-14-24)28-29-21(26-27-23(29)31-20)18-9-5-3-6-10-18/h3,5-6,9-12,15,20,28H,4,7-8,13-14H2,1-2H3,(H,25,30)/t20-/m0/s1. The molecular formula is C24H27N5OS. The van der Waals surface area contributed by atoms with Crippen molar-refractivity contribution >= 4 is 23.4 Å². The van der Waals surface area contributed by atoms with E-state index in [1.54, 1.807) is 0 Å². The molecule has 1 aliphatic heterocycles. The van der Waals surface area contributed by atoms with Crippen molar-refractivity contribution in [1.29, 1.82) is 0 Å². The summed E-state index contributed by atoms with van der Waals surface area (Å²) in [6.45, 7) is 4.15. The van der Waals surface area contributed by atoms with Gasteiger partial charge in [-0.25, -0.2) is 4.68 Å². The number of rotatable bonds is 3. The fourth-order valence-electron chi connectivity index (χ4n) is 4.61. The first-order valence-corrected chi connectivity index (χ1v) is 11.8. The molecule has 1 atom stereocenters. The van der Waals surface area contributed by atoms with Gasteiger partial charge in [0, 0.05) is 11.3 Å². The van der Waals surface area contributed by atoms with Gasteiger partial charge in [0.2, 0.25) is 11.1 Å². The highest BCUT2D eigenvalue weighted by Gasteiger charge is 2.49. The minimum Gasteiger partial charge on any atom is -0.325 e. The summed E-state index contributed by atoms with van der Waals surface area (Å²) in [4.78, 5) is 13.5. The first kappa shape index (κ1) is 20.1. The largest absolute Gasteiger partial charge is 0.325 e. The SMILES string of the molecule is Cc1ccc(NC(=O)[C@@H]2Sc3nnc(-c4ccccc4)n3NC23CCCCC3)cc1C. The van der Waals surface area contributed by atoms with Crippen molar-refractivity contribution in [2.24, 2.45) is 0 Å². The molecule has 1 aromatic heterocycles. The second-order valence-corrected chi connectivity index (χ2v) is 9.69. The van der Waals surface area contributed by atoms with E-state index in [0.29, 0.717) is 0 Å². The number of carbonyl (C=O) groups excluding carboxylic acids is 1. The van der Waals surface area contributed by atoms with Crippen LogP contribution in [0, 0.1) is 13.8 Å². The number of amides is 1. The summed E-state index contributed by atoms with van der Waals surface area (Å²) in [5.41, 5.74) is 7.64. The molecule has 6 nitrogen and oxygen atoms in total. The molecule has 31 heavy (non-hydrogen) atoms. The van der Waals surface area contributed by atoms with E-state index >= 15 is 0 Å². The van der Waals surface area contributed by atoms with Crippen LogP contribution in [0.25, 0.3) is 11.4 Å². The van der Waals surface area contributed by atoms with Crippen molar-refractivity contribution in [2.45, 2.75) is 61.9 Å². The molecule has 1 amide bonds. The van der Waals surface area contributed by atoms with E-state index < -0.39 is 0 Å². The maximum Gasteiger partial charge on any atom is 0.240 e. The fourth-order valence-corrected chi connectivity index (χ4v) is 5.83. The quantitative estimate of drug-likeness (QED) is 0.613. The molecule has 1 fully saturated rings. The molecule has 1 aliphatic carbocycles. The van der Waals surface area contributed by atoms with Gasteiger partial charge in [0.15, 0.2) is 5.82 Å². The lowest BCUT2D eigenvalue weighted by atomic mass is 9.79. The molecule has 7 heteroatoms. The zero-order valence-electron chi connectivity index (χ0n) is 17.9. The third kappa shape index (κ3) is 3.71. The summed E-state index contributed by atoms with van der Waals surface area (Å²) in [7, 11) is 0. The van der Waals surface area contributed by atoms with Crippen LogP contribution >= 0.6 is 11.8 Å². The number of anilines is 1. The highest BCUT2D eigenvalue weighted by molar-refractivity contribution is 8.00. The van der Waals surface area contributed by atoms with Crippen molar-refractivity contribution in [2.75, 3.05) is 10.7 Å². The summed E-state index contributed by atoms with van der Waals surface area (Å²) in [6, 6.07) is 16.1. The summed E-state index contributed by atoms with van der Waals surface area (Å²) in [6.07, 6.45) is 5.34. The van der Waals surface area contributed by atoms with Crippen molar-refractivity contribution in [3.63, 3.8) is 0 Å². The zero-order chi connectivity index (χ0) is 21.4. The van der Waals surface area contributed by atoms with E-state index in [-0.39, 0.29) is 16.7 Å². The topological polar surface area (TPSA) is 71.8 Å². The molecule has 2 aliphatic rings. The number of hydrogen-bond donors (Lipinski definition) is 2. The first-order valence-electron chi connectivity index (χ1n) is 10.9. The molecule has 2 heterocycles. The van der Waals surface area contributed by atoms with Crippen LogP contribution in [0.2, 0.25) is 0 Å². The Morgan fingerprint density at radius 1 is 1.06 bits per heavy atom. The van der Waals surface area contributed by atoms with Crippen LogP contribution in [-0.2, 0) is 4.79 Å². The number of nitrogens with one attached hydrogen (secondary N) is 2. The van der Waals surface area contributed by atoms with Crippen molar-refractivity contribution in [1.82, 2.24) is 14.9 Å². The van der Waals surface area contributed by atoms with Crippen LogP contribution in [0.4, 0.5) is 5.69 Å². The third-order valence-corrected chi connectivity index (χ3v) is 7.86. The number of aryl methyl sites for hydroxylation is 2. The lowest BCUT2D eigenvalue weighted by Crippen LogP contribution is -2.59. The minimum absolute atomic E-state index is 0.0261. The molecule has 160 valence electrons. The van der Waals surface area contributed by atoms with Gasteiger partial charge >= 0.3 is 0 Å². The first-order chi connectivity index (χ1) is 15.1. The predicted octanol–water partition coefficient (Wildman–Crippen LogP) is 4.92. The van der Waals surface area contributed by atoms with E-state index in [2.05, 4.69) is 40.9 Å². The second-order valence-electron chi connectivity index (χ2n) is 8.62. The van der Waals surface area contributed by atoms with Gasteiger partial charge in [0.1, 0.15) is 5.25 Å². The fraction of sp³-hybridized carbons (Fsp3) is 0.375. The normalized spacial score (nSPS) is 19.5. The van der Waals surface area contributed by atoms with Crippen molar-refractivity contribution < 1.29 is 4.79 Å². The van der Waals surface area contributed by atoms with E-state index in [1.165, 1.54) is 29.3 Å². The molecule has 2 N–H and O–H groups in total. The molecule has 1 spiro atoms. The number of carbonyl (C=O) groups is 1. The molecule has 2 aromatic carbocycles. The van der Waals surface area contributed by atoms with Gasteiger partial charge in [-0.1, -0.05) is 67.4 Å². The number of benzene rings is 2. The molecule has 0 bridgehead atoms. The third-order valence-electron chi connectivity index (χ3n) is 6.48. The Morgan fingerprint density at radius 3 is 2.58 bits per heavy atom. The molecule has 3 aromatic rings. The van der Waals surface area contributed by atoms with E-state index in [4.69, 9.17) is 0 Å². The number of aromatic nitrogens is 3. The van der Waals surface area contributed by atoms with Gasteiger partial charge in [-0.3, -0.25) is 4.79 Å². The van der Waals surface area contributed by atoms with Crippen LogP contribution in [0.3, 0.4) is 0 Å². The molecule has 0 unspecified atom stereocenters. The average molecular weight is 434 g/mol. The molecule has 0 saturated heterocycles. The van der Waals surface area contributed by atoms with E-state index in [0.717, 1.165) is 47.9 Å². The Kier molecular flexibility index (Phi) is 5.22. The molecule has 0 radical (unpaired) electrons. The van der Waals surface area contributed by atoms with Gasteiger partial charge in [-0.05, 0) is 49.9 Å². The van der Waals surface area contributed by atoms with Crippen LogP contribution < -0.4 is 10.7 Å². The highest BCUT2D eigenvalue weighted by atomic mass is 32.2. The van der Waals surface area contributed by atoms with Crippen molar-refractivity contribution in [3.05, 3.63) is 59.7 Å². The smallest absolute Gasteiger partial charge is 0.240 e. The van der Waals surface area contributed by atoms with Gasteiger partial charge in [-0.15, -0.1) is 10.2 Å². The van der Waals surface area contributed by atoms with Crippen molar-refractivity contribution in [3.8, 4) is 11.4 Å². The lowest BCUT2D eigenvalue weighted by molar-refractivity contribution is -0.117. The number of fused-ring (bicyclic) bond motifs is 1. The Balaban J connectivity index is 1.48.